The minimum absolute atomic E-state index is 0.0113. The minimum Gasteiger partial charge on any atom is -0.223 e. The van der Waals surface area contributed by atoms with Crippen molar-refractivity contribution in [2.24, 2.45) is 5.41 Å². The summed E-state index contributed by atoms with van der Waals surface area (Å²) in [6, 6.07) is 7.01. The van der Waals surface area contributed by atoms with Gasteiger partial charge in [-0.2, -0.15) is 0 Å². The van der Waals surface area contributed by atoms with E-state index in [4.69, 9.17) is 0 Å². The van der Waals surface area contributed by atoms with Gasteiger partial charge in [0.1, 0.15) is 0 Å². The van der Waals surface area contributed by atoms with Crippen LogP contribution in [0.2, 0.25) is 0 Å². The van der Waals surface area contributed by atoms with Gasteiger partial charge < -0.3 is 0 Å². The molecule has 0 amide bonds. The van der Waals surface area contributed by atoms with Gasteiger partial charge in [-0.05, 0) is 70.1 Å². The summed E-state index contributed by atoms with van der Waals surface area (Å²) in [5, 5.41) is 0. The van der Waals surface area contributed by atoms with Crippen molar-refractivity contribution in [3.63, 3.8) is 0 Å². The van der Waals surface area contributed by atoms with E-state index in [1.54, 1.807) is 18.2 Å². The summed E-state index contributed by atoms with van der Waals surface area (Å²) >= 11 is 0. The lowest BCUT2D eigenvalue weighted by molar-refractivity contribution is 0.377. The molecule has 0 N–H and O–H groups in total. The number of hydrogen-bond acceptors (Lipinski definition) is 2. The molecule has 30 heavy (non-hydrogen) atoms. The summed E-state index contributed by atoms with van der Waals surface area (Å²) in [6.07, 6.45) is 15.9. The van der Waals surface area contributed by atoms with Gasteiger partial charge in [-0.25, -0.2) is 8.42 Å². The van der Waals surface area contributed by atoms with E-state index in [1.807, 2.05) is 38.1 Å². The number of rotatable bonds is 7. The molecule has 0 saturated heterocycles. The van der Waals surface area contributed by atoms with E-state index < -0.39 is 9.84 Å². The summed E-state index contributed by atoms with van der Waals surface area (Å²) in [4.78, 5) is 0.372. The molecule has 0 spiro atoms. The molecule has 1 aromatic rings. The Morgan fingerprint density at radius 3 is 2.33 bits per heavy atom. The van der Waals surface area contributed by atoms with Crippen LogP contribution in [0.5, 0.6) is 0 Å². The van der Waals surface area contributed by atoms with E-state index in [2.05, 4.69) is 45.9 Å². The molecule has 1 aliphatic rings. The molecule has 0 fully saturated rings. The smallest absolute Gasteiger partial charge is 0.181 e. The van der Waals surface area contributed by atoms with Crippen LogP contribution in [0.4, 0.5) is 0 Å². The summed E-state index contributed by atoms with van der Waals surface area (Å²) in [6.45, 7) is 12.9. The van der Waals surface area contributed by atoms with Crippen molar-refractivity contribution in [2.75, 3.05) is 5.75 Å². The van der Waals surface area contributed by atoms with Gasteiger partial charge in [-0.3, -0.25) is 0 Å². The molecule has 3 heteroatoms. The maximum atomic E-state index is 12.5. The highest BCUT2D eigenvalue weighted by atomic mass is 32.2. The third-order valence-electron chi connectivity index (χ3n) is 5.78. The first-order valence-corrected chi connectivity index (χ1v) is 12.4. The van der Waals surface area contributed by atoms with Crippen molar-refractivity contribution < 1.29 is 8.42 Å². The fourth-order valence-electron chi connectivity index (χ4n) is 3.78. The van der Waals surface area contributed by atoms with Gasteiger partial charge in [0.15, 0.2) is 9.84 Å². The van der Waals surface area contributed by atoms with Gasteiger partial charge in [0, 0.05) is 0 Å². The minimum atomic E-state index is -3.29. The molecule has 1 aromatic carbocycles. The molecular formula is C27H36O2S. The molecule has 0 saturated carbocycles. The Bertz CT molecular complexity index is 995. The maximum Gasteiger partial charge on any atom is 0.181 e. The highest BCUT2D eigenvalue weighted by Crippen LogP contribution is 2.40. The highest BCUT2D eigenvalue weighted by Gasteiger charge is 2.26. The van der Waals surface area contributed by atoms with Crippen LogP contribution in [0.3, 0.4) is 0 Å². The van der Waals surface area contributed by atoms with E-state index in [0.717, 1.165) is 11.1 Å². The van der Waals surface area contributed by atoms with Crippen LogP contribution >= 0.6 is 0 Å². The van der Waals surface area contributed by atoms with Crippen LogP contribution in [0.15, 0.2) is 87.9 Å². The van der Waals surface area contributed by atoms with Gasteiger partial charge >= 0.3 is 0 Å². The zero-order valence-electron chi connectivity index (χ0n) is 19.3. The van der Waals surface area contributed by atoms with Gasteiger partial charge in [-0.15, -0.1) is 0 Å². The van der Waals surface area contributed by atoms with Crippen molar-refractivity contribution in [1.82, 2.24) is 0 Å². The Morgan fingerprint density at radius 2 is 1.70 bits per heavy atom. The second-order valence-corrected chi connectivity index (χ2v) is 11.1. The molecular weight excluding hydrogens is 388 g/mol. The van der Waals surface area contributed by atoms with Gasteiger partial charge in [0.25, 0.3) is 0 Å². The van der Waals surface area contributed by atoms with E-state index in [0.29, 0.717) is 4.90 Å². The molecule has 0 bridgehead atoms. The van der Waals surface area contributed by atoms with Gasteiger partial charge in [0.05, 0.1) is 10.6 Å². The largest absolute Gasteiger partial charge is 0.223 e. The maximum absolute atomic E-state index is 12.5. The summed E-state index contributed by atoms with van der Waals surface area (Å²) in [5.41, 5.74) is 6.37. The fraction of sp³-hybridized carbons (Fsp3) is 0.407. The second-order valence-electron chi connectivity index (χ2n) is 9.08. The summed E-state index contributed by atoms with van der Waals surface area (Å²) < 4.78 is 24.9. The van der Waals surface area contributed by atoms with Gasteiger partial charge in [-0.1, -0.05) is 84.7 Å². The normalized spacial score (nSPS) is 18.6. The lowest BCUT2D eigenvalue weighted by atomic mass is 9.72. The first kappa shape index (κ1) is 24.1. The lowest BCUT2D eigenvalue weighted by Crippen LogP contribution is -2.19. The second kappa shape index (κ2) is 10.3. The first-order valence-electron chi connectivity index (χ1n) is 10.7. The molecule has 2 nitrogen and oxygen atoms in total. The average molecular weight is 425 g/mol. The van der Waals surface area contributed by atoms with E-state index in [9.17, 15) is 8.42 Å². The molecule has 0 aromatic heterocycles. The Labute approximate surface area is 183 Å². The van der Waals surface area contributed by atoms with Crippen LogP contribution in [-0.2, 0) is 9.84 Å². The van der Waals surface area contributed by atoms with E-state index in [1.165, 1.54) is 36.0 Å². The zero-order valence-corrected chi connectivity index (χ0v) is 20.1. The predicted molar refractivity (Wildman–Crippen MR) is 129 cm³/mol. The predicted octanol–water partition coefficient (Wildman–Crippen LogP) is 7.30. The molecule has 0 atom stereocenters. The molecule has 162 valence electrons. The Morgan fingerprint density at radius 1 is 1.03 bits per heavy atom. The van der Waals surface area contributed by atoms with Crippen molar-refractivity contribution >= 4 is 9.84 Å². The number of aryl methyl sites for hydroxylation is 1. The number of allylic oxidation sites excluding steroid dienone is 9. The molecule has 0 aliphatic heterocycles. The van der Waals surface area contributed by atoms with Crippen molar-refractivity contribution in [3.8, 4) is 0 Å². The van der Waals surface area contributed by atoms with Gasteiger partial charge in [0.2, 0.25) is 0 Å². The molecule has 2 rings (SSSR count). The molecule has 1 aliphatic carbocycles. The summed E-state index contributed by atoms with van der Waals surface area (Å²) in [7, 11) is -3.29. The SMILES string of the molecule is CC(C=CC1=C(C)CCCC1(C)C)=CC=CC(C)=CCS(=O)(=O)c1ccc(C)cc1. The third kappa shape index (κ3) is 6.98. The number of sulfone groups is 1. The van der Waals surface area contributed by atoms with Crippen molar-refractivity contribution in [1.29, 1.82) is 0 Å². The lowest BCUT2D eigenvalue weighted by Gasteiger charge is -2.32. The topological polar surface area (TPSA) is 34.1 Å². The fourth-order valence-corrected chi connectivity index (χ4v) is 5.01. The highest BCUT2D eigenvalue weighted by molar-refractivity contribution is 7.91. The molecule has 0 unspecified atom stereocenters. The molecule has 0 heterocycles. The van der Waals surface area contributed by atoms with E-state index in [-0.39, 0.29) is 11.2 Å². The Balaban J connectivity index is 2.01. The summed E-state index contributed by atoms with van der Waals surface area (Å²) in [5.74, 6) is 0.0113. The van der Waals surface area contributed by atoms with Crippen molar-refractivity contribution in [3.05, 3.63) is 88.6 Å². The van der Waals surface area contributed by atoms with Crippen LogP contribution in [0, 0.1) is 12.3 Å². The van der Waals surface area contributed by atoms with E-state index >= 15 is 0 Å². The first-order chi connectivity index (χ1) is 14.0. The van der Waals surface area contributed by atoms with Crippen LogP contribution in [-0.4, -0.2) is 14.2 Å². The third-order valence-corrected chi connectivity index (χ3v) is 7.37. The quantitative estimate of drug-likeness (QED) is 0.430. The van der Waals surface area contributed by atoms with Crippen LogP contribution in [0.1, 0.15) is 59.4 Å². The molecule has 0 radical (unpaired) electrons. The number of hydrogen-bond donors (Lipinski definition) is 0. The number of benzene rings is 1. The van der Waals surface area contributed by atoms with Crippen LogP contribution < -0.4 is 0 Å². The zero-order chi connectivity index (χ0) is 22.4. The van der Waals surface area contributed by atoms with Crippen LogP contribution in [0.25, 0.3) is 0 Å². The van der Waals surface area contributed by atoms with Crippen molar-refractivity contribution in [2.45, 2.75) is 65.7 Å². The Kier molecular flexibility index (Phi) is 8.25. The standard InChI is InChI=1S/C27H36O2S/c1-21(14-17-26-24(4)11-8-19-27(26,5)6)9-7-10-22(2)18-20-30(28,29)25-15-12-23(3)13-16-25/h7,9-10,12-18H,8,11,19-20H2,1-6H3. The monoisotopic (exact) mass is 424 g/mol. The Hall–Kier alpha value is -2.13. The average Bonchev–Trinajstić information content (AvgIpc) is 2.66.